The SMILES string of the molecule is CCCCCCCCCCCCCCCCc1n(CCCCCCCCCC)cc[n+]1CCCCCCCCCCC. The molecule has 0 N–H and O–H groups in total. The van der Waals surface area contributed by atoms with Gasteiger partial charge in [-0.3, -0.25) is 0 Å². The van der Waals surface area contributed by atoms with E-state index in [1.807, 2.05) is 0 Å². The quantitative estimate of drug-likeness (QED) is 0.0560. The molecule has 1 aromatic heterocycles. The summed E-state index contributed by atoms with van der Waals surface area (Å²) in [5.41, 5.74) is 0. The van der Waals surface area contributed by atoms with Crippen LogP contribution in [-0.4, -0.2) is 4.57 Å². The van der Waals surface area contributed by atoms with Crippen LogP contribution in [0.3, 0.4) is 0 Å². The summed E-state index contributed by atoms with van der Waals surface area (Å²) in [4.78, 5) is 0. The molecule has 0 atom stereocenters. The van der Waals surface area contributed by atoms with Crippen LogP contribution in [0.25, 0.3) is 0 Å². The molecule has 2 heteroatoms. The first-order chi connectivity index (χ1) is 20.8. The Morgan fingerprint density at radius 2 is 0.738 bits per heavy atom. The molecule has 0 radical (unpaired) electrons. The van der Waals surface area contributed by atoms with E-state index in [1.165, 1.54) is 219 Å². The second-order valence-electron chi connectivity index (χ2n) is 13.8. The number of rotatable bonds is 34. The molecule has 0 aliphatic carbocycles. The predicted molar refractivity (Wildman–Crippen MR) is 188 cm³/mol. The molecule has 2 nitrogen and oxygen atoms in total. The van der Waals surface area contributed by atoms with Gasteiger partial charge in [0.05, 0.1) is 13.1 Å². The zero-order chi connectivity index (χ0) is 30.2. The molecule has 248 valence electrons. The van der Waals surface area contributed by atoms with Crippen LogP contribution in [0, 0.1) is 0 Å². The van der Waals surface area contributed by atoms with Crippen LogP contribution in [-0.2, 0) is 19.5 Å². The third-order valence-electron chi connectivity index (χ3n) is 9.60. The molecule has 0 aliphatic heterocycles. The van der Waals surface area contributed by atoms with E-state index in [1.54, 1.807) is 5.82 Å². The largest absolute Gasteiger partial charge is 0.256 e. The summed E-state index contributed by atoms with van der Waals surface area (Å²) in [6, 6.07) is 0. The summed E-state index contributed by atoms with van der Waals surface area (Å²) in [5.74, 6) is 1.62. The summed E-state index contributed by atoms with van der Waals surface area (Å²) in [7, 11) is 0. The average Bonchev–Trinajstić information content (AvgIpc) is 3.38. The van der Waals surface area contributed by atoms with E-state index in [0.29, 0.717) is 0 Å². The van der Waals surface area contributed by atoms with Crippen LogP contribution in [0.2, 0.25) is 0 Å². The lowest BCUT2D eigenvalue weighted by Crippen LogP contribution is -2.37. The highest BCUT2D eigenvalue weighted by atomic mass is 15.1. The molecule has 0 aromatic carbocycles. The Morgan fingerprint density at radius 3 is 1.14 bits per heavy atom. The van der Waals surface area contributed by atoms with Crippen molar-refractivity contribution in [2.45, 2.75) is 239 Å². The number of hydrogen-bond donors (Lipinski definition) is 0. The molecule has 42 heavy (non-hydrogen) atoms. The summed E-state index contributed by atoms with van der Waals surface area (Å²) in [5, 5.41) is 0. The van der Waals surface area contributed by atoms with Gasteiger partial charge in [-0.25, -0.2) is 9.13 Å². The van der Waals surface area contributed by atoms with Crippen molar-refractivity contribution >= 4 is 0 Å². The van der Waals surface area contributed by atoms with Gasteiger partial charge in [-0.2, -0.15) is 0 Å². The Kier molecular flexibility index (Phi) is 29.5. The summed E-state index contributed by atoms with van der Waals surface area (Å²) in [6.07, 6.45) is 50.4. The first-order valence-corrected chi connectivity index (χ1v) is 19.9. The van der Waals surface area contributed by atoms with Gasteiger partial charge in [0.2, 0.25) is 0 Å². The molecule has 0 amide bonds. The van der Waals surface area contributed by atoms with Gasteiger partial charge < -0.3 is 0 Å². The maximum absolute atomic E-state index is 2.63. The minimum atomic E-state index is 1.23. The molecular formula is C40H79N2+. The van der Waals surface area contributed by atoms with Crippen molar-refractivity contribution in [1.82, 2.24) is 4.57 Å². The fourth-order valence-corrected chi connectivity index (χ4v) is 6.68. The van der Waals surface area contributed by atoms with E-state index in [0.717, 1.165) is 0 Å². The van der Waals surface area contributed by atoms with Crippen LogP contribution in [0.5, 0.6) is 0 Å². The molecule has 0 saturated heterocycles. The molecule has 0 spiro atoms. The summed E-state index contributed by atoms with van der Waals surface area (Å²) >= 11 is 0. The second kappa shape index (κ2) is 31.6. The van der Waals surface area contributed by atoms with Gasteiger partial charge in [-0.15, -0.1) is 0 Å². The molecular weight excluding hydrogens is 508 g/mol. The Bertz CT molecular complexity index is 648. The van der Waals surface area contributed by atoms with Gasteiger partial charge in [0.25, 0.3) is 5.82 Å². The van der Waals surface area contributed by atoms with E-state index >= 15 is 0 Å². The van der Waals surface area contributed by atoms with Gasteiger partial charge in [-0.1, -0.05) is 188 Å². The fraction of sp³-hybridized carbons (Fsp3) is 0.925. The number of aromatic nitrogens is 2. The highest BCUT2D eigenvalue weighted by Gasteiger charge is 2.16. The Morgan fingerprint density at radius 1 is 0.405 bits per heavy atom. The van der Waals surface area contributed by atoms with Crippen LogP contribution < -0.4 is 4.57 Å². The Balaban J connectivity index is 2.28. The van der Waals surface area contributed by atoms with Gasteiger partial charge in [0, 0.05) is 6.42 Å². The lowest BCUT2D eigenvalue weighted by molar-refractivity contribution is -0.704. The van der Waals surface area contributed by atoms with E-state index in [2.05, 4.69) is 42.3 Å². The number of imidazole rings is 1. The lowest BCUT2D eigenvalue weighted by atomic mass is 10.0. The number of unbranched alkanes of at least 4 members (excludes halogenated alkanes) is 28. The first kappa shape index (κ1) is 39.2. The van der Waals surface area contributed by atoms with Crippen molar-refractivity contribution in [3.8, 4) is 0 Å². The van der Waals surface area contributed by atoms with Crippen molar-refractivity contribution in [1.29, 1.82) is 0 Å². The number of hydrogen-bond acceptors (Lipinski definition) is 0. The molecule has 0 saturated carbocycles. The van der Waals surface area contributed by atoms with Gasteiger partial charge in [0.1, 0.15) is 12.4 Å². The smallest absolute Gasteiger partial charge is 0.234 e. The monoisotopic (exact) mass is 588 g/mol. The maximum Gasteiger partial charge on any atom is 0.256 e. The predicted octanol–water partition coefficient (Wildman–Crippen LogP) is 13.5. The maximum atomic E-state index is 2.63. The second-order valence-corrected chi connectivity index (χ2v) is 13.8. The highest BCUT2D eigenvalue weighted by molar-refractivity contribution is 4.84. The fourth-order valence-electron chi connectivity index (χ4n) is 6.68. The third-order valence-corrected chi connectivity index (χ3v) is 9.60. The highest BCUT2D eigenvalue weighted by Crippen LogP contribution is 2.15. The van der Waals surface area contributed by atoms with Gasteiger partial charge >= 0.3 is 0 Å². The first-order valence-electron chi connectivity index (χ1n) is 19.9. The molecule has 1 aromatic rings. The number of aryl methyl sites for hydroxylation is 2. The summed E-state index contributed by atoms with van der Waals surface area (Å²) in [6.45, 7) is 9.40. The molecule has 1 heterocycles. The van der Waals surface area contributed by atoms with E-state index in [-0.39, 0.29) is 0 Å². The molecule has 0 unspecified atom stereocenters. The number of nitrogens with zero attached hydrogens (tertiary/aromatic N) is 2. The normalized spacial score (nSPS) is 11.6. The van der Waals surface area contributed by atoms with Crippen molar-refractivity contribution < 1.29 is 4.57 Å². The molecule has 1 rings (SSSR count). The van der Waals surface area contributed by atoms with Crippen molar-refractivity contribution in [3.05, 3.63) is 18.2 Å². The Hall–Kier alpha value is -0.790. The zero-order valence-electron chi connectivity index (χ0n) is 29.6. The van der Waals surface area contributed by atoms with Crippen molar-refractivity contribution in [2.24, 2.45) is 0 Å². The minimum absolute atomic E-state index is 1.23. The molecule has 0 fully saturated rings. The van der Waals surface area contributed by atoms with Crippen molar-refractivity contribution in [3.63, 3.8) is 0 Å². The van der Waals surface area contributed by atoms with Gasteiger partial charge in [-0.05, 0) is 32.1 Å². The standard InChI is InChI=1S/C40H79N2/c1-4-7-10-13-16-19-20-21-22-23-24-26-29-32-35-40-41(36-33-30-27-18-15-12-9-6-3)38-39-42(40)37-34-31-28-25-17-14-11-8-5-2/h38-39H,4-37H2,1-3H3/q+1. The van der Waals surface area contributed by atoms with E-state index < -0.39 is 0 Å². The molecule has 0 aliphatic rings. The lowest BCUT2D eigenvalue weighted by Gasteiger charge is -2.07. The third kappa shape index (κ3) is 23.6. The minimum Gasteiger partial charge on any atom is -0.234 e. The van der Waals surface area contributed by atoms with E-state index in [9.17, 15) is 0 Å². The van der Waals surface area contributed by atoms with Crippen LogP contribution in [0.4, 0.5) is 0 Å². The van der Waals surface area contributed by atoms with Crippen LogP contribution >= 0.6 is 0 Å². The van der Waals surface area contributed by atoms with Crippen LogP contribution in [0.15, 0.2) is 12.4 Å². The zero-order valence-corrected chi connectivity index (χ0v) is 29.6. The summed E-state index contributed by atoms with van der Waals surface area (Å²) < 4.78 is 5.27. The van der Waals surface area contributed by atoms with E-state index in [4.69, 9.17) is 0 Å². The topological polar surface area (TPSA) is 8.81 Å². The van der Waals surface area contributed by atoms with Gasteiger partial charge in [0.15, 0.2) is 0 Å². The molecule has 0 bridgehead atoms. The van der Waals surface area contributed by atoms with Crippen molar-refractivity contribution in [2.75, 3.05) is 0 Å². The average molecular weight is 588 g/mol. The Labute approximate surface area is 266 Å². The van der Waals surface area contributed by atoms with Crippen LogP contribution in [0.1, 0.15) is 226 Å².